The third-order valence-electron chi connectivity index (χ3n) is 2.26. The Balaban J connectivity index is 2.64. The van der Waals surface area contributed by atoms with Crippen molar-refractivity contribution in [3.05, 3.63) is 18.0 Å². The van der Waals surface area contributed by atoms with Crippen LogP contribution in [-0.4, -0.2) is 39.9 Å². The molecule has 19 heavy (non-hydrogen) atoms. The predicted molar refractivity (Wildman–Crippen MR) is 70.8 cm³/mol. The Morgan fingerprint density at radius 1 is 1.47 bits per heavy atom. The number of nitrogens with two attached hydrogens (primary N) is 1. The van der Waals surface area contributed by atoms with Gasteiger partial charge in [-0.1, -0.05) is 0 Å². The molecule has 1 unspecified atom stereocenters. The fourth-order valence-corrected chi connectivity index (χ4v) is 1.32. The minimum atomic E-state index is -0.613. The third kappa shape index (κ3) is 5.19. The first-order valence-electron chi connectivity index (χ1n) is 5.98. The highest BCUT2D eigenvalue weighted by molar-refractivity contribution is 5.82. The maximum Gasteiger partial charge on any atom is 0.414 e. The van der Waals surface area contributed by atoms with Gasteiger partial charge in [-0.2, -0.15) is 0 Å². The van der Waals surface area contributed by atoms with E-state index in [1.54, 1.807) is 20.8 Å². The van der Waals surface area contributed by atoms with Crippen molar-refractivity contribution in [3.8, 4) is 0 Å². The predicted octanol–water partition coefficient (Wildman–Crippen LogP) is 0.858. The number of nitrogens with zero attached hydrogens (tertiary/aromatic N) is 2. The highest BCUT2D eigenvalue weighted by atomic mass is 16.6. The molecule has 0 aliphatic rings. The lowest BCUT2D eigenvalue weighted by atomic mass is 10.0. The molecule has 0 saturated carbocycles. The summed E-state index contributed by atoms with van der Waals surface area (Å²) in [7, 11) is 0. The molecule has 106 valence electrons. The number of aliphatic hydroxyl groups is 1. The van der Waals surface area contributed by atoms with Crippen LogP contribution in [0.3, 0.4) is 0 Å². The van der Waals surface area contributed by atoms with E-state index in [-0.39, 0.29) is 18.5 Å². The van der Waals surface area contributed by atoms with Gasteiger partial charge in [0, 0.05) is 24.9 Å². The van der Waals surface area contributed by atoms with E-state index in [0.717, 1.165) is 5.56 Å². The lowest BCUT2D eigenvalue weighted by Crippen LogP contribution is -2.27. The second-order valence-corrected chi connectivity index (χ2v) is 5.08. The molecule has 0 fully saturated rings. The molecule has 7 heteroatoms. The molecule has 7 nitrogen and oxygen atoms in total. The standard InChI is InChI=1S/C12H20N4O3/c1-12(2,3)19-11(18)16-10-14-5-9(6-15-10)8(4-13)7-17/h5-6,8,17H,4,7,13H2,1-3H3,(H,14,15,16,18). The van der Waals surface area contributed by atoms with Gasteiger partial charge in [0.25, 0.3) is 0 Å². The largest absolute Gasteiger partial charge is 0.444 e. The van der Waals surface area contributed by atoms with Crippen molar-refractivity contribution in [1.82, 2.24) is 9.97 Å². The number of ether oxygens (including phenoxy) is 1. The summed E-state index contributed by atoms with van der Waals surface area (Å²) < 4.78 is 5.07. The zero-order chi connectivity index (χ0) is 14.5. The first-order valence-corrected chi connectivity index (χ1v) is 5.98. The number of amides is 1. The number of carbonyl (C=O) groups excluding carboxylic acids is 1. The first-order chi connectivity index (χ1) is 8.85. The molecule has 0 radical (unpaired) electrons. The van der Waals surface area contributed by atoms with E-state index in [1.807, 2.05) is 0 Å². The lowest BCUT2D eigenvalue weighted by Gasteiger charge is -2.19. The topological polar surface area (TPSA) is 110 Å². The van der Waals surface area contributed by atoms with Crippen LogP contribution in [-0.2, 0) is 4.74 Å². The summed E-state index contributed by atoms with van der Waals surface area (Å²) in [5, 5.41) is 11.5. The third-order valence-corrected chi connectivity index (χ3v) is 2.26. The molecule has 1 rings (SSSR count). The summed E-state index contributed by atoms with van der Waals surface area (Å²) in [6, 6.07) is 0. The zero-order valence-electron chi connectivity index (χ0n) is 11.4. The van der Waals surface area contributed by atoms with Gasteiger partial charge in [-0.25, -0.2) is 14.8 Å². The molecular formula is C12H20N4O3. The van der Waals surface area contributed by atoms with Gasteiger partial charge in [-0.15, -0.1) is 0 Å². The number of anilines is 1. The van der Waals surface area contributed by atoms with Crippen molar-refractivity contribution in [2.45, 2.75) is 32.3 Å². The van der Waals surface area contributed by atoms with Gasteiger partial charge >= 0.3 is 6.09 Å². The molecular weight excluding hydrogens is 248 g/mol. The molecule has 0 bridgehead atoms. The summed E-state index contributed by atoms with van der Waals surface area (Å²) in [6.07, 6.45) is 2.43. The minimum Gasteiger partial charge on any atom is -0.444 e. The summed E-state index contributed by atoms with van der Waals surface area (Å²) in [5.41, 5.74) is 5.64. The second kappa shape index (κ2) is 6.44. The van der Waals surface area contributed by atoms with E-state index in [2.05, 4.69) is 15.3 Å². The normalized spacial score (nSPS) is 12.9. The van der Waals surface area contributed by atoms with Crippen molar-refractivity contribution in [3.63, 3.8) is 0 Å². The Hall–Kier alpha value is -1.73. The molecule has 0 aliphatic heterocycles. The summed E-state index contributed by atoms with van der Waals surface area (Å²) in [5.74, 6) is -0.0534. The van der Waals surface area contributed by atoms with Gasteiger partial charge in [0.05, 0.1) is 6.61 Å². The number of carbonyl (C=O) groups is 1. The van der Waals surface area contributed by atoms with E-state index >= 15 is 0 Å². The molecule has 0 saturated heterocycles. The van der Waals surface area contributed by atoms with Crippen molar-refractivity contribution >= 4 is 12.0 Å². The Morgan fingerprint density at radius 3 is 2.47 bits per heavy atom. The van der Waals surface area contributed by atoms with Crippen LogP contribution in [0.25, 0.3) is 0 Å². The number of rotatable bonds is 4. The molecule has 0 aromatic carbocycles. The lowest BCUT2D eigenvalue weighted by molar-refractivity contribution is 0.0634. The quantitative estimate of drug-likeness (QED) is 0.747. The molecule has 1 aromatic heterocycles. The van der Waals surface area contributed by atoms with Gasteiger partial charge in [-0.05, 0) is 26.3 Å². The number of aromatic nitrogens is 2. The maximum absolute atomic E-state index is 11.5. The molecule has 4 N–H and O–H groups in total. The SMILES string of the molecule is CC(C)(C)OC(=O)Nc1ncc(C(CN)CO)cn1. The zero-order valence-corrected chi connectivity index (χ0v) is 11.4. The van der Waals surface area contributed by atoms with E-state index < -0.39 is 11.7 Å². The Morgan fingerprint density at radius 2 is 2.05 bits per heavy atom. The van der Waals surface area contributed by atoms with E-state index in [4.69, 9.17) is 15.6 Å². The highest BCUT2D eigenvalue weighted by Gasteiger charge is 2.17. The number of nitrogens with one attached hydrogen (secondary N) is 1. The Bertz CT molecular complexity index is 410. The van der Waals surface area contributed by atoms with Crippen LogP contribution >= 0.6 is 0 Å². The highest BCUT2D eigenvalue weighted by Crippen LogP contribution is 2.13. The maximum atomic E-state index is 11.5. The van der Waals surface area contributed by atoms with Gasteiger partial charge in [0.2, 0.25) is 5.95 Å². The summed E-state index contributed by atoms with van der Waals surface area (Å²) >= 11 is 0. The van der Waals surface area contributed by atoms with E-state index in [9.17, 15) is 4.79 Å². The van der Waals surface area contributed by atoms with Crippen molar-refractivity contribution in [1.29, 1.82) is 0 Å². The average Bonchev–Trinajstić information content (AvgIpc) is 2.30. The van der Waals surface area contributed by atoms with Gasteiger partial charge in [-0.3, -0.25) is 5.32 Å². The van der Waals surface area contributed by atoms with Crippen LogP contribution in [0.1, 0.15) is 32.3 Å². The van der Waals surface area contributed by atoms with Crippen LogP contribution < -0.4 is 11.1 Å². The van der Waals surface area contributed by atoms with Crippen LogP contribution in [0.5, 0.6) is 0 Å². The van der Waals surface area contributed by atoms with Crippen LogP contribution in [0.2, 0.25) is 0 Å². The average molecular weight is 268 g/mol. The van der Waals surface area contributed by atoms with Gasteiger partial charge < -0.3 is 15.6 Å². The van der Waals surface area contributed by atoms with Crippen LogP contribution in [0.4, 0.5) is 10.7 Å². The molecule has 0 spiro atoms. The van der Waals surface area contributed by atoms with Crippen LogP contribution in [0.15, 0.2) is 12.4 Å². The number of aliphatic hydroxyl groups excluding tert-OH is 1. The summed E-state index contributed by atoms with van der Waals surface area (Å²) in [4.78, 5) is 19.4. The smallest absolute Gasteiger partial charge is 0.414 e. The van der Waals surface area contributed by atoms with E-state index in [0.29, 0.717) is 6.54 Å². The fourth-order valence-electron chi connectivity index (χ4n) is 1.32. The number of hydrogen-bond acceptors (Lipinski definition) is 6. The molecule has 0 aliphatic carbocycles. The van der Waals surface area contributed by atoms with E-state index in [1.165, 1.54) is 12.4 Å². The second-order valence-electron chi connectivity index (χ2n) is 5.08. The van der Waals surface area contributed by atoms with Crippen molar-refractivity contribution < 1.29 is 14.6 Å². The van der Waals surface area contributed by atoms with Gasteiger partial charge in [0.1, 0.15) is 5.60 Å². The number of hydrogen-bond donors (Lipinski definition) is 3. The molecule has 1 amide bonds. The Labute approximate surface area is 112 Å². The monoisotopic (exact) mass is 268 g/mol. The fraction of sp³-hybridized carbons (Fsp3) is 0.583. The van der Waals surface area contributed by atoms with Crippen LogP contribution in [0, 0.1) is 0 Å². The first kappa shape index (κ1) is 15.3. The molecule has 1 atom stereocenters. The molecule has 1 aromatic rings. The molecule has 1 heterocycles. The minimum absolute atomic E-state index is 0.0707. The Kier molecular flexibility index (Phi) is 5.20. The van der Waals surface area contributed by atoms with Gasteiger partial charge in [0.15, 0.2) is 0 Å². The summed E-state index contributed by atoms with van der Waals surface area (Å²) in [6.45, 7) is 5.54. The van der Waals surface area contributed by atoms with Crippen molar-refractivity contribution in [2.24, 2.45) is 5.73 Å². The van der Waals surface area contributed by atoms with Crippen molar-refractivity contribution in [2.75, 3.05) is 18.5 Å².